The Morgan fingerprint density at radius 2 is 1.72 bits per heavy atom. The zero-order valence-electron chi connectivity index (χ0n) is 13.2. The summed E-state index contributed by atoms with van der Waals surface area (Å²) in [7, 11) is 0. The number of nitro benzene ring substituents is 1. The topological polar surface area (TPSA) is 95.7 Å². The lowest BCUT2D eigenvalue weighted by molar-refractivity contribution is -0.384. The molecule has 0 spiro atoms. The molecule has 0 aliphatic rings. The van der Waals surface area contributed by atoms with Crippen LogP contribution < -0.4 is 4.74 Å². The van der Waals surface area contributed by atoms with E-state index in [2.05, 4.69) is 15.9 Å². The number of Topliss-reactive ketones (excluding diaryl/α,β-unsaturated/α-hetero) is 1. The van der Waals surface area contributed by atoms with Gasteiger partial charge in [-0.1, -0.05) is 28.1 Å². The molecule has 2 aromatic rings. The first-order valence-corrected chi connectivity index (χ1v) is 8.02. The molecule has 130 valence electrons. The van der Waals surface area contributed by atoms with Crippen LogP contribution in [0.25, 0.3) is 0 Å². The van der Waals surface area contributed by atoms with Crippen molar-refractivity contribution in [2.45, 2.75) is 13.0 Å². The SMILES string of the molecule is C[C@@H](OC(=O)COc1ccc([N+](=O)[O-])cc1)C(=O)c1ccc(Br)cc1. The first-order valence-electron chi connectivity index (χ1n) is 7.23. The van der Waals surface area contributed by atoms with Crippen LogP contribution in [0.15, 0.2) is 53.0 Å². The standard InChI is InChI=1S/C17H14BrNO6/c1-11(17(21)12-2-4-13(18)5-3-12)25-16(20)10-24-15-8-6-14(7-9-15)19(22)23/h2-9,11H,10H2,1H3/t11-/m1/s1. The molecule has 2 rings (SSSR count). The highest BCUT2D eigenvalue weighted by Gasteiger charge is 2.19. The van der Waals surface area contributed by atoms with Crippen LogP contribution in [0.3, 0.4) is 0 Å². The number of hydrogen-bond donors (Lipinski definition) is 0. The molecular formula is C17H14BrNO6. The van der Waals surface area contributed by atoms with E-state index in [1.54, 1.807) is 24.3 Å². The van der Waals surface area contributed by atoms with Crippen molar-refractivity contribution in [2.75, 3.05) is 6.61 Å². The van der Waals surface area contributed by atoms with E-state index in [0.29, 0.717) is 5.56 Å². The van der Waals surface area contributed by atoms with Crippen LogP contribution in [0.1, 0.15) is 17.3 Å². The molecule has 0 radical (unpaired) electrons. The van der Waals surface area contributed by atoms with E-state index >= 15 is 0 Å². The summed E-state index contributed by atoms with van der Waals surface area (Å²) in [6.07, 6.45) is -0.950. The van der Waals surface area contributed by atoms with Gasteiger partial charge in [-0.25, -0.2) is 4.79 Å². The van der Waals surface area contributed by atoms with Gasteiger partial charge in [-0.15, -0.1) is 0 Å². The van der Waals surface area contributed by atoms with Gasteiger partial charge in [0.15, 0.2) is 12.7 Å². The average Bonchev–Trinajstić information content (AvgIpc) is 2.60. The summed E-state index contributed by atoms with van der Waals surface area (Å²) in [5, 5.41) is 10.6. The smallest absolute Gasteiger partial charge is 0.344 e. The summed E-state index contributed by atoms with van der Waals surface area (Å²) in [4.78, 5) is 34.0. The number of rotatable bonds is 7. The van der Waals surface area contributed by atoms with Crippen LogP contribution in [0, 0.1) is 10.1 Å². The van der Waals surface area contributed by atoms with Gasteiger partial charge in [-0.05, 0) is 31.2 Å². The number of ketones is 1. The first kappa shape index (κ1) is 18.6. The quantitative estimate of drug-likeness (QED) is 0.301. The predicted octanol–water partition coefficient (Wildman–Crippen LogP) is 3.55. The second kappa shape index (κ2) is 8.39. The number of carbonyl (C=O) groups excluding carboxylic acids is 2. The Bertz CT molecular complexity index is 773. The Kier molecular flexibility index (Phi) is 6.24. The summed E-state index contributed by atoms with van der Waals surface area (Å²) in [6, 6.07) is 12.0. The maximum atomic E-state index is 12.2. The molecule has 0 aliphatic heterocycles. The molecule has 0 aromatic heterocycles. The Hall–Kier alpha value is -2.74. The van der Waals surface area contributed by atoms with Crippen molar-refractivity contribution in [1.29, 1.82) is 0 Å². The molecule has 1 atom stereocenters. The highest BCUT2D eigenvalue weighted by molar-refractivity contribution is 9.10. The van der Waals surface area contributed by atoms with Gasteiger partial charge in [0.25, 0.3) is 5.69 Å². The Morgan fingerprint density at radius 1 is 1.12 bits per heavy atom. The second-order valence-electron chi connectivity index (χ2n) is 5.04. The van der Waals surface area contributed by atoms with Crippen molar-refractivity contribution in [1.82, 2.24) is 0 Å². The van der Waals surface area contributed by atoms with Crippen molar-refractivity contribution >= 4 is 33.4 Å². The Morgan fingerprint density at radius 3 is 2.28 bits per heavy atom. The summed E-state index contributed by atoms with van der Waals surface area (Å²) >= 11 is 3.28. The van der Waals surface area contributed by atoms with Crippen molar-refractivity contribution < 1.29 is 24.0 Å². The lowest BCUT2D eigenvalue weighted by Gasteiger charge is -2.13. The molecule has 25 heavy (non-hydrogen) atoms. The monoisotopic (exact) mass is 407 g/mol. The van der Waals surface area contributed by atoms with Crippen molar-refractivity contribution in [3.05, 3.63) is 68.7 Å². The lowest BCUT2D eigenvalue weighted by atomic mass is 10.1. The minimum absolute atomic E-state index is 0.0800. The third kappa shape index (κ3) is 5.39. The molecule has 0 amide bonds. The molecule has 7 nitrogen and oxygen atoms in total. The van der Waals surface area contributed by atoms with Crippen LogP contribution in [-0.2, 0) is 9.53 Å². The number of non-ortho nitro benzene ring substituents is 1. The first-order chi connectivity index (χ1) is 11.9. The lowest BCUT2D eigenvalue weighted by Crippen LogP contribution is -2.27. The molecule has 0 bridgehead atoms. The van der Waals surface area contributed by atoms with E-state index in [4.69, 9.17) is 9.47 Å². The van der Waals surface area contributed by atoms with Gasteiger partial charge in [0.05, 0.1) is 4.92 Å². The second-order valence-corrected chi connectivity index (χ2v) is 5.96. The third-order valence-corrected chi connectivity index (χ3v) is 3.74. The number of nitrogens with zero attached hydrogens (tertiary/aromatic N) is 1. The van der Waals surface area contributed by atoms with E-state index in [9.17, 15) is 19.7 Å². The highest BCUT2D eigenvalue weighted by Crippen LogP contribution is 2.17. The zero-order chi connectivity index (χ0) is 18.4. The summed E-state index contributed by atoms with van der Waals surface area (Å²) in [5.41, 5.74) is 0.350. The van der Waals surface area contributed by atoms with E-state index < -0.39 is 23.6 Å². The van der Waals surface area contributed by atoms with E-state index in [0.717, 1.165) is 4.47 Å². The molecule has 2 aromatic carbocycles. The molecular weight excluding hydrogens is 394 g/mol. The third-order valence-electron chi connectivity index (χ3n) is 3.21. The molecule has 0 saturated carbocycles. The molecule has 0 aliphatic carbocycles. The van der Waals surface area contributed by atoms with Gasteiger partial charge in [0.2, 0.25) is 5.78 Å². The number of carbonyl (C=O) groups is 2. The minimum atomic E-state index is -0.950. The van der Waals surface area contributed by atoms with Gasteiger partial charge in [-0.2, -0.15) is 0 Å². The summed E-state index contributed by atoms with van der Waals surface area (Å²) < 4.78 is 11.1. The molecule has 0 fully saturated rings. The van der Waals surface area contributed by atoms with Gasteiger partial charge in [0.1, 0.15) is 5.75 Å². The number of nitro groups is 1. The highest BCUT2D eigenvalue weighted by atomic mass is 79.9. The molecule has 8 heteroatoms. The van der Waals surface area contributed by atoms with Crippen LogP contribution >= 0.6 is 15.9 Å². The predicted molar refractivity (Wildman–Crippen MR) is 92.6 cm³/mol. The molecule has 0 unspecified atom stereocenters. The summed E-state index contributed by atoms with van der Waals surface area (Å²) in [5.74, 6) is -0.748. The van der Waals surface area contributed by atoms with Gasteiger partial charge in [-0.3, -0.25) is 14.9 Å². The molecule has 0 saturated heterocycles. The normalized spacial score (nSPS) is 11.4. The van der Waals surface area contributed by atoms with Crippen molar-refractivity contribution in [3.63, 3.8) is 0 Å². The van der Waals surface area contributed by atoms with Crippen LogP contribution in [0.5, 0.6) is 5.75 Å². The van der Waals surface area contributed by atoms with E-state index in [-0.39, 0.29) is 17.2 Å². The van der Waals surface area contributed by atoms with E-state index in [1.165, 1.54) is 31.2 Å². The average molecular weight is 408 g/mol. The van der Waals surface area contributed by atoms with E-state index in [1.807, 2.05) is 0 Å². The fraction of sp³-hybridized carbons (Fsp3) is 0.176. The van der Waals surface area contributed by atoms with Gasteiger partial charge < -0.3 is 9.47 Å². The maximum Gasteiger partial charge on any atom is 0.344 e. The van der Waals surface area contributed by atoms with Crippen molar-refractivity contribution in [3.8, 4) is 5.75 Å². The largest absolute Gasteiger partial charge is 0.482 e. The maximum absolute atomic E-state index is 12.2. The fourth-order valence-electron chi connectivity index (χ4n) is 1.94. The van der Waals surface area contributed by atoms with Crippen molar-refractivity contribution in [2.24, 2.45) is 0 Å². The van der Waals surface area contributed by atoms with Gasteiger partial charge in [0, 0.05) is 22.2 Å². The zero-order valence-corrected chi connectivity index (χ0v) is 14.8. The van der Waals surface area contributed by atoms with Gasteiger partial charge >= 0.3 is 5.97 Å². The Labute approximate surface area is 151 Å². The number of benzene rings is 2. The van der Waals surface area contributed by atoms with Crippen LogP contribution in [0.4, 0.5) is 5.69 Å². The number of ether oxygens (including phenoxy) is 2. The van der Waals surface area contributed by atoms with Crippen LogP contribution in [0.2, 0.25) is 0 Å². The summed E-state index contributed by atoms with van der Waals surface area (Å²) in [6.45, 7) is 1.07. The number of halogens is 1. The molecule has 0 N–H and O–H groups in total. The number of esters is 1. The fourth-order valence-corrected chi connectivity index (χ4v) is 2.20. The minimum Gasteiger partial charge on any atom is -0.482 e. The Balaban J connectivity index is 1.85. The number of hydrogen-bond acceptors (Lipinski definition) is 6. The molecule has 0 heterocycles. The van der Waals surface area contributed by atoms with Crippen LogP contribution in [-0.4, -0.2) is 29.4 Å².